The van der Waals surface area contributed by atoms with Crippen molar-refractivity contribution in [3.8, 4) is 0 Å². The van der Waals surface area contributed by atoms with Gasteiger partial charge in [-0.25, -0.2) is 13.1 Å². The van der Waals surface area contributed by atoms with Crippen molar-refractivity contribution < 1.29 is 13.3 Å². The Morgan fingerprint density at radius 1 is 1.42 bits per heavy atom. The molecule has 106 valence electrons. The zero-order chi connectivity index (χ0) is 14.5. The molecule has 0 saturated heterocycles. The van der Waals surface area contributed by atoms with Gasteiger partial charge in [0.05, 0.1) is 10.6 Å². The first kappa shape index (κ1) is 15.3. The van der Waals surface area contributed by atoms with Gasteiger partial charge in [0, 0.05) is 12.6 Å². The molecule has 1 aromatic carbocycles. The number of rotatable bonds is 7. The topological polar surface area (TPSA) is 127 Å². The molecule has 0 bridgehead atoms. The Labute approximate surface area is 111 Å². The van der Waals surface area contributed by atoms with Gasteiger partial charge >= 0.3 is 0 Å². The minimum Gasteiger partial charge on any atom is -0.324 e. The van der Waals surface area contributed by atoms with Crippen molar-refractivity contribution in [1.29, 1.82) is 0 Å². The summed E-state index contributed by atoms with van der Waals surface area (Å²) in [5.41, 5.74) is 2.05. The number of nitrogens with two attached hydrogens (primary N) is 1. The van der Waals surface area contributed by atoms with Crippen LogP contribution in [0.2, 0.25) is 0 Å². The van der Waals surface area contributed by atoms with Gasteiger partial charge in [-0.1, -0.05) is 13.3 Å². The average molecular weight is 288 g/mol. The number of hydrazine groups is 1. The van der Waals surface area contributed by atoms with E-state index in [0.29, 0.717) is 6.42 Å². The van der Waals surface area contributed by atoms with Crippen LogP contribution in [-0.2, 0) is 10.0 Å². The molecule has 0 atom stereocenters. The zero-order valence-corrected chi connectivity index (χ0v) is 11.2. The average Bonchev–Trinajstić information content (AvgIpc) is 2.38. The number of nitrogens with one attached hydrogen (secondary N) is 2. The Morgan fingerprint density at radius 2 is 2.11 bits per heavy atom. The fourth-order valence-corrected chi connectivity index (χ4v) is 2.70. The van der Waals surface area contributed by atoms with E-state index < -0.39 is 25.5 Å². The van der Waals surface area contributed by atoms with Crippen LogP contribution >= 0.6 is 0 Å². The molecule has 0 spiro atoms. The first-order valence-electron chi connectivity index (χ1n) is 5.67. The van der Waals surface area contributed by atoms with Crippen LogP contribution in [0.5, 0.6) is 0 Å². The summed E-state index contributed by atoms with van der Waals surface area (Å²) in [6, 6.07) is 3.57. The zero-order valence-electron chi connectivity index (χ0n) is 10.4. The molecule has 0 aliphatic carbocycles. The van der Waals surface area contributed by atoms with Gasteiger partial charge < -0.3 is 5.43 Å². The van der Waals surface area contributed by atoms with Crippen LogP contribution in [0.4, 0.5) is 11.4 Å². The quantitative estimate of drug-likeness (QED) is 0.297. The summed E-state index contributed by atoms with van der Waals surface area (Å²) in [5, 5.41) is 10.9. The lowest BCUT2D eigenvalue weighted by molar-refractivity contribution is -0.387. The van der Waals surface area contributed by atoms with E-state index in [4.69, 9.17) is 5.84 Å². The van der Waals surface area contributed by atoms with Crippen molar-refractivity contribution in [2.24, 2.45) is 5.84 Å². The van der Waals surface area contributed by atoms with Crippen LogP contribution in [0, 0.1) is 10.1 Å². The van der Waals surface area contributed by atoms with Crippen molar-refractivity contribution >= 4 is 21.4 Å². The highest BCUT2D eigenvalue weighted by molar-refractivity contribution is 7.89. The molecular weight excluding hydrogens is 272 g/mol. The first-order chi connectivity index (χ1) is 8.92. The molecule has 9 heteroatoms. The second kappa shape index (κ2) is 6.45. The van der Waals surface area contributed by atoms with Crippen LogP contribution in [0.1, 0.15) is 19.8 Å². The van der Waals surface area contributed by atoms with Crippen molar-refractivity contribution in [2.75, 3.05) is 12.0 Å². The predicted molar refractivity (Wildman–Crippen MR) is 71.0 cm³/mol. The number of unbranched alkanes of at least 4 members (excludes halogenated alkanes) is 1. The molecule has 1 rings (SSSR count). The van der Waals surface area contributed by atoms with Crippen molar-refractivity contribution in [2.45, 2.75) is 24.7 Å². The highest BCUT2D eigenvalue weighted by atomic mass is 32.2. The Hall–Kier alpha value is -1.71. The fraction of sp³-hybridized carbons (Fsp3) is 0.400. The van der Waals surface area contributed by atoms with E-state index in [1.54, 1.807) is 0 Å². The number of anilines is 1. The lowest BCUT2D eigenvalue weighted by Crippen LogP contribution is -2.25. The van der Waals surface area contributed by atoms with Gasteiger partial charge in [-0.05, 0) is 18.6 Å². The number of nitrogen functional groups attached to an aromatic ring is 1. The smallest absolute Gasteiger partial charge is 0.289 e. The van der Waals surface area contributed by atoms with Gasteiger partial charge in [0.15, 0.2) is 4.90 Å². The number of nitro benzene ring substituents is 1. The minimum absolute atomic E-state index is 0.232. The normalized spacial score (nSPS) is 11.3. The van der Waals surface area contributed by atoms with Crippen molar-refractivity contribution in [3.05, 3.63) is 28.3 Å². The standard InChI is InChI=1S/C10H16N4O4S/c1-2-3-6-12-19(17,18)10-7-8(13-11)4-5-9(10)14(15)16/h4-5,7,12-13H,2-3,6,11H2,1H3. The molecule has 0 aliphatic heterocycles. The summed E-state index contributed by atoms with van der Waals surface area (Å²) in [6.07, 6.45) is 1.47. The van der Waals surface area contributed by atoms with E-state index in [9.17, 15) is 18.5 Å². The monoisotopic (exact) mass is 288 g/mol. The Morgan fingerprint density at radius 3 is 2.63 bits per heavy atom. The number of sulfonamides is 1. The molecule has 8 nitrogen and oxygen atoms in total. The van der Waals surface area contributed by atoms with E-state index >= 15 is 0 Å². The highest BCUT2D eigenvalue weighted by Crippen LogP contribution is 2.26. The largest absolute Gasteiger partial charge is 0.324 e. The summed E-state index contributed by atoms with van der Waals surface area (Å²) in [4.78, 5) is 9.72. The molecule has 19 heavy (non-hydrogen) atoms. The van der Waals surface area contributed by atoms with Crippen LogP contribution in [0.25, 0.3) is 0 Å². The maximum absolute atomic E-state index is 12.0. The third-order valence-corrected chi connectivity index (χ3v) is 3.93. The van der Waals surface area contributed by atoms with Crippen LogP contribution in [0.3, 0.4) is 0 Å². The van der Waals surface area contributed by atoms with Gasteiger partial charge in [0.1, 0.15) is 0 Å². The summed E-state index contributed by atoms with van der Waals surface area (Å²) >= 11 is 0. The second-order valence-corrected chi connectivity index (χ2v) is 5.57. The van der Waals surface area contributed by atoms with Crippen molar-refractivity contribution in [1.82, 2.24) is 4.72 Å². The molecule has 0 amide bonds. The molecule has 0 heterocycles. The number of nitrogens with zero attached hydrogens (tertiary/aromatic N) is 1. The Kier molecular flexibility index (Phi) is 5.21. The lowest BCUT2D eigenvalue weighted by atomic mass is 10.3. The molecular formula is C10H16N4O4S. The maximum Gasteiger partial charge on any atom is 0.289 e. The SMILES string of the molecule is CCCCNS(=O)(=O)c1cc(NN)ccc1[N+](=O)[O-]. The van der Waals surface area contributed by atoms with Gasteiger partial charge in [-0.15, -0.1) is 0 Å². The molecule has 0 aromatic heterocycles. The van der Waals surface area contributed by atoms with Crippen LogP contribution < -0.4 is 16.0 Å². The van der Waals surface area contributed by atoms with E-state index in [1.165, 1.54) is 6.07 Å². The number of hydrogen-bond acceptors (Lipinski definition) is 6. The van der Waals surface area contributed by atoms with E-state index in [2.05, 4.69) is 10.1 Å². The second-order valence-electron chi connectivity index (χ2n) is 3.84. The molecule has 1 aromatic rings. The minimum atomic E-state index is -3.93. The van der Waals surface area contributed by atoms with Gasteiger partial charge in [0.25, 0.3) is 5.69 Å². The predicted octanol–water partition coefficient (Wildman–Crippen LogP) is 0.959. The van der Waals surface area contributed by atoms with E-state index in [1.807, 2.05) is 6.92 Å². The van der Waals surface area contributed by atoms with Crippen LogP contribution in [-0.4, -0.2) is 19.9 Å². The first-order valence-corrected chi connectivity index (χ1v) is 7.15. The van der Waals surface area contributed by atoms with Gasteiger partial charge in [-0.2, -0.15) is 0 Å². The Balaban J connectivity index is 3.18. The molecule has 0 saturated carbocycles. The van der Waals surface area contributed by atoms with Crippen molar-refractivity contribution in [3.63, 3.8) is 0 Å². The number of nitro groups is 1. The summed E-state index contributed by atoms with van der Waals surface area (Å²) < 4.78 is 26.4. The highest BCUT2D eigenvalue weighted by Gasteiger charge is 2.25. The molecule has 4 N–H and O–H groups in total. The molecule has 0 radical (unpaired) electrons. The lowest BCUT2D eigenvalue weighted by Gasteiger charge is -2.08. The fourth-order valence-electron chi connectivity index (χ4n) is 1.43. The van der Waals surface area contributed by atoms with Crippen LogP contribution in [0.15, 0.2) is 23.1 Å². The molecule has 0 unspecified atom stereocenters. The third kappa shape index (κ3) is 3.88. The molecule has 0 aliphatic rings. The summed E-state index contributed by atoms with van der Waals surface area (Å²) in [7, 11) is -3.93. The van der Waals surface area contributed by atoms with E-state index in [0.717, 1.165) is 18.6 Å². The third-order valence-electron chi connectivity index (χ3n) is 2.44. The summed E-state index contributed by atoms with van der Waals surface area (Å²) in [5.74, 6) is 5.17. The van der Waals surface area contributed by atoms with Gasteiger partial charge in [0.2, 0.25) is 10.0 Å². The number of hydrogen-bond donors (Lipinski definition) is 3. The van der Waals surface area contributed by atoms with Gasteiger partial charge in [-0.3, -0.25) is 16.0 Å². The van der Waals surface area contributed by atoms with E-state index in [-0.39, 0.29) is 12.2 Å². The Bertz CT molecular complexity index is 559. The maximum atomic E-state index is 12.0. The molecule has 0 fully saturated rings. The number of benzene rings is 1. The summed E-state index contributed by atoms with van der Waals surface area (Å²) in [6.45, 7) is 2.14.